The van der Waals surface area contributed by atoms with Gasteiger partial charge >= 0.3 is 0 Å². The average Bonchev–Trinajstić information content (AvgIpc) is 2.40. The topological polar surface area (TPSA) is 20.2 Å². The van der Waals surface area contributed by atoms with Crippen LogP contribution in [0.4, 0.5) is 0 Å². The number of hydrogen-bond donors (Lipinski definition) is 1. The Kier molecular flexibility index (Phi) is 4.45. The highest BCUT2D eigenvalue weighted by atomic mass is 32.2. The van der Waals surface area contributed by atoms with E-state index < -0.39 is 6.10 Å². The van der Waals surface area contributed by atoms with Gasteiger partial charge in [0.1, 0.15) is 6.10 Å². The van der Waals surface area contributed by atoms with Gasteiger partial charge in [0.15, 0.2) is 0 Å². The van der Waals surface area contributed by atoms with Gasteiger partial charge in [-0.15, -0.1) is 11.8 Å². The van der Waals surface area contributed by atoms with Gasteiger partial charge in [0.25, 0.3) is 0 Å². The Hall–Kier alpha value is -1.25. The normalized spacial score (nSPS) is 12.4. The molecular weight excluding hydrogens is 240 g/mol. The molecule has 1 unspecified atom stereocenters. The summed E-state index contributed by atoms with van der Waals surface area (Å²) in [5, 5.41) is 10.4. The van der Waals surface area contributed by atoms with Gasteiger partial charge in [-0.25, -0.2) is 0 Å². The average molecular weight is 258 g/mol. The first kappa shape index (κ1) is 13.2. The summed E-state index contributed by atoms with van der Waals surface area (Å²) in [5.41, 5.74) is 3.05. The van der Waals surface area contributed by atoms with E-state index in [0.29, 0.717) is 0 Å². The molecule has 0 aliphatic heterocycles. The van der Waals surface area contributed by atoms with E-state index in [4.69, 9.17) is 0 Å². The van der Waals surface area contributed by atoms with Gasteiger partial charge in [0.2, 0.25) is 0 Å². The molecule has 18 heavy (non-hydrogen) atoms. The van der Waals surface area contributed by atoms with Crippen LogP contribution < -0.4 is 0 Å². The van der Waals surface area contributed by atoms with Gasteiger partial charge in [-0.05, 0) is 41.5 Å². The molecule has 0 bridgehead atoms. The minimum atomic E-state index is -0.535. The molecule has 2 aromatic carbocycles. The van der Waals surface area contributed by atoms with Gasteiger partial charge in [-0.2, -0.15) is 0 Å². The van der Waals surface area contributed by atoms with Crippen LogP contribution in [0.3, 0.4) is 0 Å². The van der Waals surface area contributed by atoms with Gasteiger partial charge in [-0.1, -0.05) is 43.3 Å². The highest BCUT2D eigenvalue weighted by Gasteiger charge is 2.11. The molecule has 2 aromatic rings. The number of thioether (sulfide) groups is 1. The number of rotatable bonds is 4. The molecular formula is C16H18OS. The molecule has 2 rings (SSSR count). The summed E-state index contributed by atoms with van der Waals surface area (Å²) in [7, 11) is 0. The molecule has 1 nitrogen and oxygen atoms in total. The van der Waals surface area contributed by atoms with Crippen molar-refractivity contribution in [1.82, 2.24) is 0 Å². The fourth-order valence-corrected chi connectivity index (χ4v) is 2.65. The Balaban J connectivity index is 2.23. The van der Waals surface area contributed by atoms with E-state index in [1.807, 2.05) is 55.1 Å². The maximum Gasteiger partial charge on any atom is 0.104 e. The first-order valence-electron chi connectivity index (χ1n) is 6.18. The van der Waals surface area contributed by atoms with Crippen molar-refractivity contribution in [2.24, 2.45) is 0 Å². The predicted octanol–water partition coefficient (Wildman–Crippen LogP) is 4.19. The molecule has 94 valence electrons. The van der Waals surface area contributed by atoms with E-state index in [0.717, 1.165) is 22.4 Å². The molecule has 0 aliphatic rings. The lowest BCUT2D eigenvalue weighted by molar-refractivity contribution is 0.219. The smallest absolute Gasteiger partial charge is 0.104 e. The third-order valence-electron chi connectivity index (χ3n) is 2.99. The number of aliphatic hydroxyl groups excluding tert-OH is 1. The van der Waals surface area contributed by atoms with Crippen molar-refractivity contribution < 1.29 is 5.11 Å². The van der Waals surface area contributed by atoms with Crippen LogP contribution >= 0.6 is 11.8 Å². The van der Waals surface area contributed by atoms with Crippen molar-refractivity contribution in [3.8, 4) is 0 Å². The highest BCUT2D eigenvalue weighted by Crippen LogP contribution is 2.26. The first-order valence-corrected chi connectivity index (χ1v) is 7.17. The summed E-state index contributed by atoms with van der Waals surface area (Å²) in [5.74, 6) is 1.07. The van der Waals surface area contributed by atoms with Crippen LogP contribution in [0.2, 0.25) is 0 Å². The second kappa shape index (κ2) is 6.07. The van der Waals surface area contributed by atoms with Crippen molar-refractivity contribution in [3.05, 3.63) is 65.2 Å². The Labute approximate surface area is 113 Å². The van der Waals surface area contributed by atoms with Gasteiger partial charge < -0.3 is 5.11 Å². The molecule has 0 aromatic heterocycles. The first-order chi connectivity index (χ1) is 8.72. The van der Waals surface area contributed by atoms with Crippen LogP contribution in [0.15, 0.2) is 53.4 Å². The van der Waals surface area contributed by atoms with E-state index >= 15 is 0 Å². The summed E-state index contributed by atoms with van der Waals surface area (Å²) in [6.07, 6.45) is -0.535. The van der Waals surface area contributed by atoms with E-state index in [1.165, 1.54) is 4.90 Å². The molecule has 1 N–H and O–H groups in total. The van der Waals surface area contributed by atoms with Gasteiger partial charge in [0.05, 0.1) is 0 Å². The van der Waals surface area contributed by atoms with Gasteiger partial charge in [0, 0.05) is 4.90 Å². The van der Waals surface area contributed by atoms with Crippen LogP contribution in [-0.2, 0) is 0 Å². The van der Waals surface area contributed by atoms with E-state index in [-0.39, 0.29) is 0 Å². The lowest BCUT2D eigenvalue weighted by atomic mass is 9.98. The molecule has 0 saturated heterocycles. The summed E-state index contributed by atoms with van der Waals surface area (Å²) in [6.45, 7) is 4.17. The summed E-state index contributed by atoms with van der Waals surface area (Å²) >= 11 is 1.81. The molecule has 0 fully saturated rings. The lowest BCUT2D eigenvalue weighted by Gasteiger charge is -2.14. The Bertz CT molecular complexity index is 505. The summed E-state index contributed by atoms with van der Waals surface area (Å²) in [4.78, 5) is 1.25. The highest BCUT2D eigenvalue weighted by molar-refractivity contribution is 7.99. The molecule has 0 heterocycles. The summed E-state index contributed by atoms with van der Waals surface area (Å²) in [6, 6.07) is 16.1. The van der Waals surface area contributed by atoms with E-state index in [9.17, 15) is 5.11 Å². The van der Waals surface area contributed by atoms with Crippen LogP contribution in [-0.4, -0.2) is 10.9 Å². The van der Waals surface area contributed by atoms with E-state index in [1.54, 1.807) is 0 Å². The standard InChI is InChI=1S/C16H18OS/c1-3-18-14-10-8-13(9-11-14)16(17)15-7-5-4-6-12(15)2/h4-11,16-17H,3H2,1-2H3. The second-order valence-electron chi connectivity index (χ2n) is 4.26. The fourth-order valence-electron chi connectivity index (χ4n) is 1.99. The number of aliphatic hydroxyl groups is 1. The van der Waals surface area contributed by atoms with Crippen LogP contribution in [0.25, 0.3) is 0 Å². The predicted molar refractivity (Wildman–Crippen MR) is 78.1 cm³/mol. The second-order valence-corrected chi connectivity index (χ2v) is 5.60. The third kappa shape index (κ3) is 2.95. The largest absolute Gasteiger partial charge is 0.384 e. The minimum Gasteiger partial charge on any atom is -0.384 e. The van der Waals surface area contributed by atoms with Crippen LogP contribution in [0.5, 0.6) is 0 Å². The number of benzene rings is 2. The van der Waals surface area contributed by atoms with Crippen molar-refractivity contribution in [2.45, 2.75) is 24.8 Å². The van der Waals surface area contributed by atoms with Crippen molar-refractivity contribution >= 4 is 11.8 Å². The molecule has 0 aliphatic carbocycles. The quantitative estimate of drug-likeness (QED) is 0.830. The lowest BCUT2D eigenvalue weighted by Crippen LogP contribution is -2.01. The zero-order chi connectivity index (χ0) is 13.0. The zero-order valence-electron chi connectivity index (χ0n) is 10.8. The molecule has 2 heteroatoms. The fraction of sp³-hybridized carbons (Fsp3) is 0.250. The SMILES string of the molecule is CCSc1ccc(C(O)c2ccccc2C)cc1. The molecule has 0 amide bonds. The monoisotopic (exact) mass is 258 g/mol. The zero-order valence-corrected chi connectivity index (χ0v) is 11.6. The third-order valence-corrected chi connectivity index (χ3v) is 3.88. The number of aryl methyl sites for hydroxylation is 1. The molecule has 0 saturated carbocycles. The number of hydrogen-bond acceptors (Lipinski definition) is 2. The maximum atomic E-state index is 10.4. The summed E-state index contributed by atoms with van der Waals surface area (Å²) < 4.78 is 0. The Morgan fingerprint density at radius 3 is 2.33 bits per heavy atom. The van der Waals surface area contributed by atoms with Gasteiger partial charge in [-0.3, -0.25) is 0 Å². The Morgan fingerprint density at radius 2 is 1.72 bits per heavy atom. The minimum absolute atomic E-state index is 0.535. The van der Waals surface area contributed by atoms with E-state index in [2.05, 4.69) is 19.1 Å². The van der Waals surface area contributed by atoms with Crippen molar-refractivity contribution in [1.29, 1.82) is 0 Å². The van der Waals surface area contributed by atoms with Crippen molar-refractivity contribution in [3.63, 3.8) is 0 Å². The molecule has 0 radical (unpaired) electrons. The Morgan fingerprint density at radius 1 is 1.06 bits per heavy atom. The molecule has 0 spiro atoms. The van der Waals surface area contributed by atoms with Crippen LogP contribution in [0.1, 0.15) is 29.7 Å². The molecule has 1 atom stereocenters. The van der Waals surface area contributed by atoms with Crippen molar-refractivity contribution in [2.75, 3.05) is 5.75 Å². The van der Waals surface area contributed by atoms with Crippen LogP contribution in [0, 0.1) is 6.92 Å². The maximum absolute atomic E-state index is 10.4.